The molecule has 0 radical (unpaired) electrons. The van der Waals surface area contributed by atoms with Gasteiger partial charge >= 0.3 is 0 Å². The van der Waals surface area contributed by atoms with Crippen LogP contribution in [0.15, 0.2) is 73.1 Å². The molecule has 51 heavy (non-hydrogen) atoms. The molecule has 7 rings (SSSR count). The van der Waals surface area contributed by atoms with E-state index < -0.39 is 50.6 Å². The van der Waals surface area contributed by atoms with E-state index in [0.29, 0.717) is 29.4 Å². The van der Waals surface area contributed by atoms with Crippen LogP contribution in [0.5, 0.6) is 0 Å². The summed E-state index contributed by atoms with van der Waals surface area (Å²) in [6.45, 7) is 1.93. The minimum absolute atomic E-state index is 0.0451. The molecule has 15 heteroatoms. The quantitative estimate of drug-likeness (QED) is 0.114. The van der Waals surface area contributed by atoms with Gasteiger partial charge in [0.25, 0.3) is 5.91 Å². The molecular formula is C36H30BF2N5O6S. The number of carbonyl (C=O) groups excluding carboxylic acids is 4. The van der Waals surface area contributed by atoms with Gasteiger partial charge in [0.1, 0.15) is 17.5 Å². The first-order valence-corrected chi connectivity index (χ1v) is 17.9. The summed E-state index contributed by atoms with van der Waals surface area (Å²) >= 11 is 0. The van der Waals surface area contributed by atoms with E-state index in [1.807, 2.05) is 42.5 Å². The number of nitrogens with zero attached hydrogens (tertiary/aromatic N) is 2. The first-order chi connectivity index (χ1) is 24.4. The zero-order valence-electron chi connectivity index (χ0n) is 27.3. The highest BCUT2D eigenvalue weighted by Gasteiger charge is 2.40. The lowest BCUT2D eigenvalue weighted by Gasteiger charge is -2.29. The number of H-pyrrole nitrogens is 1. The van der Waals surface area contributed by atoms with E-state index in [2.05, 4.69) is 20.0 Å². The molecule has 1 unspecified atom stereocenters. The van der Waals surface area contributed by atoms with Crippen molar-refractivity contribution in [2.75, 3.05) is 10.5 Å². The van der Waals surface area contributed by atoms with Crippen LogP contribution in [0.1, 0.15) is 58.0 Å². The van der Waals surface area contributed by atoms with Crippen LogP contribution < -0.4 is 21.0 Å². The van der Waals surface area contributed by atoms with E-state index in [4.69, 9.17) is 0 Å². The highest BCUT2D eigenvalue weighted by Crippen LogP contribution is 2.30. The smallest absolute Gasteiger partial charge is 0.254 e. The Morgan fingerprint density at radius 3 is 2.59 bits per heavy atom. The number of rotatable bonds is 10. The molecule has 4 heterocycles. The van der Waals surface area contributed by atoms with Crippen molar-refractivity contribution in [2.24, 2.45) is 0 Å². The number of hydrogen-bond donors (Lipinski definition) is 3. The Morgan fingerprint density at radius 2 is 1.84 bits per heavy atom. The first-order valence-electron chi connectivity index (χ1n) is 16.3. The summed E-state index contributed by atoms with van der Waals surface area (Å²) in [6, 6.07) is 15.9. The number of sulfonamides is 1. The molecule has 0 saturated carbocycles. The normalized spacial score (nSPS) is 15.9. The second kappa shape index (κ2) is 13.2. The van der Waals surface area contributed by atoms with E-state index in [9.17, 15) is 32.0 Å². The van der Waals surface area contributed by atoms with Crippen molar-refractivity contribution >= 4 is 68.5 Å². The van der Waals surface area contributed by atoms with Crippen molar-refractivity contribution in [1.29, 1.82) is 0 Å². The largest absolute Gasteiger partial charge is 0.345 e. The molecule has 3 N–H and O–H groups in total. The lowest BCUT2D eigenvalue weighted by Crippen LogP contribution is -2.52. The van der Waals surface area contributed by atoms with E-state index in [-0.39, 0.29) is 48.9 Å². The van der Waals surface area contributed by atoms with Crippen molar-refractivity contribution in [3.05, 3.63) is 107 Å². The fourth-order valence-electron chi connectivity index (χ4n) is 6.68. The molecule has 1 saturated heterocycles. The topological polar surface area (TPSA) is 158 Å². The maximum atomic E-state index is 15.5. The fourth-order valence-corrected chi connectivity index (χ4v) is 7.81. The summed E-state index contributed by atoms with van der Waals surface area (Å²) in [7, 11) is -3.46. The number of halogens is 2. The molecule has 2 aromatic heterocycles. The predicted octanol–water partition coefficient (Wildman–Crippen LogP) is 3.04. The van der Waals surface area contributed by atoms with Crippen molar-refractivity contribution < 1.29 is 36.4 Å². The van der Waals surface area contributed by atoms with Gasteiger partial charge in [0.05, 0.1) is 17.0 Å². The Hall–Kier alpha value is -5.70. The Bertz CT molecular complexity index is 2380. The minimum Gasteiger partial charge on any atom is -0.345 e. The van der Waals surface area contributed by atoms with Crippen LogP contribution in [0.25, 0.3) is 22.2 Å². The summed E-state index contributed by atoms with van der Waals surface area (Å²) in [5, 5.41) is 2.64. The fraction of sp³-hybridized carbons (Fsp3) is 0.194. The number of piperidine rings is 1. The van der Waals surface area contributed by atoms with Crippen molar-refractivity contribution in [3.63, 3.8) is 0 Å². The highest BCUT2D eigenvalue weighted by molar-refractivity contribution is 7.92. The van der Waals surface area contributed by atoms with E-state index in [1.165, 1.54) is 11.1 Å². The van der Waals surface area contributed by atoms with Crippen LogP contribution in [0, 0.1) is 11.6 Å². The lowest BCUT2D eigenvalue weighted by molar-refractivity contribution is -0.136. The molecule has 2 aliphatic heterocycles. The lowest BCUT2D eigenvalue weighted by atomic mass is 9.62. The van der Waals surface area contributed by atoms with E-state index in [1.54, 1.807) is 19.2 Å². The van der Waals surface area contributed by atoms with Crippen molar-refractivity contribution in [3.8, 4) is 11.1 Å². The van der Waals surface area contributed by atoms with Crippen LogP contribution in [0.2, 0.25) is 0 Å². The number of aromatic nitrogens is 2. The Morgan fingerprint density at radius 1 is 1.06 bits per heavy atom. The first kappa shape index (κ1) is 33.8. The Labute approximate surface area is 291 Å². The summed E-state index contributed by atoms with van der Waals surface area (Å²) in [4.78, 5) is 60.0. The second-order valence-electron chi connectivity index (χ2n) is 12.6. The number of fused-ring (bicyclic) bond motifs is 2. The molecule has 5 aromatic rings. The number of carbonyl (C=O) groups is 4. The molecule has 258 valence electrons. The second-order valence-corrected chi connectivity index (χ2v) is 14.4. The summed E-state index contributed by atoms with van der Waals surface area (Å²) in [6.07, 6.45) is 3.64. The van der Waals surface area contributed by atoms with Gasteiger partial charge in [0.2, 0.25) is 27.6 Å². The van der Waals surface area contributed by atoms with Crippen LogP contribution in [0.3, 0.4) is 0 Å². The third-order valence-corrected chi connectivity index (χ3v) is 10.6. The van der Waals surface area contributed by atoms with Gasteiger partial charge in [-0.3, -0.25) is 29.2 Å². The molecule has 0 spiro atoms. The van der Waals surface area contributed by atoms with E-state index in [0.717, 1.165) is 34.2 Å². The average Bonchev–Trinajstić information content (AvgIpc) is 3.67. The SMILES string of the molecule is CCCS(=O)(=O)Nc1ccc(F)c(C(=O)c2c[nH]c3ncc(-c4ccc(Bc5cccc6c5C(=O)N(C5CCC(=O)NC5=O)C6)cc4)cc23)c1F. The molecule has 0 aliphatic carbocycles. The summed E-state index contributed by atoms with van der Waals surface area (Å²) in [5.74, 6) is -4.76. The number of anilines is 1. The van der Waals surface area contributed by atoms with Crippen molar-refractivity contribution in [1.82, 2.24) is 20.2 Å². The molecule has 1 atom stereocenters. The van der Waals surface area contributed by atoms with Crippen molar-refractivity contribution in [2.45, 2.75) is 38.8 Å². The number of aromatic amines is 1. The summed E-state index contributed by atoms with van der Waals surface area (Å²) in [5.41, 5.74) is 3.31. The molecule has 0 bridgehead atoms. The monoisotopic (exact) mass is 709 g/mol. The minimum atomic E-state index is -3.90. The standard InChI is InChI=1S/C36H30BF2N5O6S/c1-2-14-51(49,50)43-27-11-10-26(38)31(32(27)39)33(46)24-17-41-34-23(24)15-21(16-40-34)19-6-8-22(9-7-19)37-25-5-3-4-20-18-44(36(48)30(20)25)28-12-13-29(45)42-35(28)47/h3-11,15-17,28,37,43H,2,12-14,18H2,1H3,(H,40,41)(H,42,45,47). The molecular weight excluding hydrogens is 679 g/mol. The van der Waals surface area contributed by atoms with Gasteiger partial charge in [-0.25, -0.2) is 22.2 Å². The van der Waals surface area contributed by atoms with Crippen LogP contribution in [0.4, 0.5) is 14.5 Å². The molecule has 3 aromatic carbocycles. The van der Waals surface area contributed by atoms with Gasteiger partial charge in [-0.15, -0.1) is 0 Å². The number of amides is 3. The van der Waals surface area contributed by atoms with Gasteiger partial charge in [-0.2, -0.15) is 0 Å². The third-order valence-electron chi connectivity index (χ3n) is 9.15. The molecule has 1 fully saturated rings. The zero-order valence-corrected chi connectivity index (χ0v) is 28.1. The maximum Gasteiger partial charge on any atom is 0.254 e. The zero-order chi connectivity index (χ0) is 36.0. The van der Waals surface area contributed by atoms with Gasteiger partial charge in [0, 0.05) is 47.4 Å². The number of benzene rings is 3. The Kier molecular flexibility index (Phi) is 8.75. The molecule has 2 aliphatic rings. The predicted molar refractivity (Wildman–Crippen MR) is 188 cm³/mol. The molecule has 11 nitrogen and oxygen atoms in total. The number of pyridine rings is 1. The van der Waals surface area contributed by atoms with Crippen LogP contribution in [-0.2, 0) is 26.2 Å². The number of imide groups is 1. The van der Waals surface area contributed by atoms with Gasteiger partial charge in [0.15, 0.2) is 13.1 Å². The number of hydrogen-bond acceptors (Lipinski definition) is 7. The van der Waals surface area contributed by atoms with Gasteiger partial charge in [-0.05, 0) is 42.2 Å². The van der Waals surface area contributed by atoms with Gasteiger partial charge in [-0.1, -0.05) is 60.3 Å². The van der Waals surface area contributed by atoms with E-state index >= 15 is 4.39 Å². The highest BCUT2D eigenvalue weighted by atomic mass is 32.2. The summed E-state index contributed by atoms with van der Waals surface area (Å²) < 4.78 is 56.9. The number of ketones is 1. The third kappa shape index (κ3) is 6.40. The van der Waals surface area contributed by atoms with Crippen LogP contribution in [-0.4, -0.2) is 65.9 Å². The van der Waals surface area contributed by atoms with Crippen LogP contribution >= 0.6 is 0 Å². The Balaban J connectivity index is 1.12. The average molecular weight is 710 g/mol. The van der Waals surface area contributed by atoms with Gasteiger partial charge < -0.3 is 9.88 Å². The number of nitrogens with one attached hydrogen (secondary N) is 3. The maximum absolute atomic E-state index is 15.5. The molecule has 3 amide bonds.